The number of esters is 1. The number of carbonyl (C=O) groups excluding carboxylic acids is 2. The SMILES string of the molecule is C[C@@H](NC(=O)COC(=O)c1ccc([N+](=O)[O-])cc1)c1cccc2ccccc12. The highest BCUT2D eigenvalue weighted by Crippen LogP contribution is 2.24. The second kappa shape index (κ2) is 8.30. The van der Waals surface area contributed by atoms with E-state index in [1.54, 1.807) is 0 Å². The Morgan fingerprint density at radius 2 is 1.71 bits per heavy atom. The van der Waals surface area contributed by atoms with Crippen LogP contribution < -0.4 is 5.32 Å². The van der Waals surface area contributed by atoms with Gasteiger partial charge in [0.25, 0.3) is 11.6 Å². The Balaban J connectivity index is 1.59. The van der Waals surface area contributed by atoms with Gasteiger partial charge in [0, 0.05) is 12.1 Å². The van der Waals surface area contributed by atoms with Gasteiger partial charge in [0.2, 0.25) is 0 Å². The minimum Gasteiger partial charge on any atom is -0.452 e. The molecule has 7 heteroatoms. The van der Waals surface area contributed by atoms with Crippen molar-refractivity contribution < 1.29 is 19.2 Å². The number of non-ortho nitro benzene ring substituents is 1. The van der Waals surface area contributed by atoms with E-state index in [0.29, 0.717) is 0 Å². The maximum absolute atomic E-state index is 12.2. The Labute approximate surface area is 161 Å². The van der Waals surface area contributed by atoms with E-state index in [-0.39, 0.29) is 17.3 Å². The number of nitro groups is 1. The van der Waals surface area contributed by atoms with Gasteiger partial charge in [-0.25, -0.2) is 4.79 Å². The summed E-state index contributed by atoms with van der Waals surface area (Å²) in [7, 11) is 0. The highest BCUT2D eigenvalue weighted by atomic mass is 16.6. The molecule has 0 saturated heterocycles. The number of nitrogens with zero attached hydrogens (tertiary/aromatic N) is 1. The lowest BCUT2D eigenvalue weighted by Gasteiger charge is -2.16. The fraction of sp³-hybridized carbons (Fsp3) is 0.143. The van der Waals surface area contributed by atoms with Gasteiger partial charge in [-0.3, -0.25) is 14.9 Å². The van der Waals surface area contributed by atoms with Crippen molar-refractivity contribution >= 4 is 28.3 Å². The monoisotopic (exact) mass is 378 g/mol. The maximum Gasteiger partial charge on any atom is 0.338 e. The van der Waals surface area contributed by atoms with Crippen LogP contribution in [-0.2, 0) is 9.53 Å². The van der Waals surface area contributed by atoms with Crippen LogP contribution in [0.3, 0.4) is 0 Å². The molecule has 28 heavy (non-hydrogen) atoms. The minimum absolute atomic E-state index is 0.127. The van der Waals surface area contributed by atoms with Crippen molar-refractivity contribution in [3.63, 3.8) is 0 Å². The lowest BCUT2D eigenvalue weighted by Crippen LogP contribution is -2.31. The standard InChI is InChI=1S/C21H18N2O5/c1-14(18-8-4-6-15-5-2-3-7-19(15)18)22-20(24)13-28-21(25)16-9-11-17(12-10-16)23(26)27/h2-12,14H,13H2,1H3,(H,22,24)/t14-/m1/s1. The molecule has 3 rings (SSSR count). The summed E-state index contributed by atoms with van der Waals surface area (Å²) < 4.78 is 4.99. The maximum atomic E-state index is 12.2. The van der Waals surface area contributed by atoms with Crippen molar-refractivity contribution in [2.45, 2.75) is 13.0 Å². The normalized spacial score (nSPS) is 11.6. The first-order valence-electron chi connectivity index (χ1n) is 8.64. The smallest absolute Gasteiger partial charge is 0.338 e. The topological polar surface area (TPSA) is 98.5 Å². The molecule has 0 radical (unpaired) electrons. The summed E-state index contributed by atoms with van der Waals surface area (Å²) in [5, 5.41) is 15.6. The van der Waals surface area contributed by atoms with Gasteiger partial charge in [-0.1, -0.05) is 42.5 Å². The van der Waals surface area contributed by atoms with Crippen LogP contribution >= 0.6 is 0 Å². The molecule has 7 nitrogen and oxygen atoms in total. The molecule has 0 aliphatic rings. The lowest BCUT2D eigenvalue weighted by atomic mass is 10.00. The van der Waals surface area contributed by atoms with Crippen molar-refractivity contribution in [3.8, 4) is 0 Å². The zero-order valence-electron chi connectivity index (χ0n) is 15.1. The average molecular weight is 378 g/mol. The number of rotatable bonds is 6. The van der Waals surface area contributed by atoms with E-state index in [4.69, 9.17) is 4.74 Å². The van der Waals surface area contributed by atoms with Crippen molar-refractivity contribution in [1.29, 1.82) is 0 Å². The van der Waals surface area contributed by atoms with Gasteiger partial charge in [-0.15, -0.1) is 0 Å². The van der Waals surface area contributed by atoms with Gasteiger partial charge >= 0.3 is 5.97 Å². The second-order valence-corrected chi connectivity index (χ2v) is 6.24. The van der Waals surface area contributed by atoms with Crippen LogP contribution in [0.2, 0.25) is 0 Å². The molecule has 1 atom stereocenters. The van der Waals surface area contributed by atoms with Gasteiger partial charge in [-0.05, 0) is 35.4 Å². The molecule has 0 spiro atoms. The van der Waals surface area contributed by atoms with Crippen molar-refractivity contribution in [1.82, 2.24) is 5.32 Å². The van der Waals surface area contributed by atoms with E-state index in [2.05, 4.69) is 5.32 Å². The summed E-state index contributed by atoms with van der Waals surface area (Å²) in [5.74, 6) is -1.15. The predicted molar refractivity (Wildman–Crippen MR) is 104 cm³/mol. The molecule has 0 aliphatic heterocycles. The van der Waals surface area contributed by atoms with Crippen LogP contribution in [0.5, 0.6) is 0 Å². The van der Waals surface area contributed by atoms with E-state index < -0.39 is 23.4 Å². The number of fused-ring (bicyclic) bond motifs is 1. The summed E-state index contributed by atoms with van der Waals surface area (Å²) in [6.07, 6.45) is 0. The number of carbonyl (C=O) groups is 2. The van der Waals surface area contributed by atoms with Gasteiger partial charge in [0.1, 0.15) is 0 Å². The van der Waals surface area contributed by atoms with Gasteiger partial charge in [-0.2, -0.15) is 0 Å². The van der Waals surface area contributed by atoms with Crippen LogP contribution in [0, 0.1) is 10.1 Å². The lowest BCUT2D eigenvalue weighted by molar-refractivity contribution is -0.384. The van der Waals surface area contributed by atoms with E-state index in [9.17, 15) is 19.7 Å². The van der Waals surface area contributed by atoms with Gasteiger partial charge < -0.3 is 10.1 Å². The van der Waals surface area contributed by atoms with E-state index >= 15 is 0 Å². The molecule has 142 valence electrons. The molecule has 0 heterocycles. The van der Waals surface area contributed by atoms with Crippen molar-refractivity contribution in [3.05, 3.63) is 88.0 Å². The number of nitrogens with one attached hydrogen (secondary N) is 1. The summed E-state index contributed by atoms with van der Waals surface area (Å²) in [5.41, 5.74) is 0.979. The number of hydrogen-bond donors (Lipinski definition) is 1. The number of benzene rings is 3. The molecule has 0 aliphatic carbocycles. The molecular weight excluding hydrogens is 360 g/mol. The van der Waals surface area contributed by atoms with Crippen LogP contribution in [-0.4, -0.2) is 23.4 Å². The summed E-state index contributed by atoms with van der Waals surface area (Å²) in [6, 6.07) is 18.5. The van der Waals surface area contributed by atoms with Gasteiger partial charge in [0.05, 0.1) is 16.5 Å². The molecule has 0 bridgehead atoms. The molecule has 0 saturated carbocycles. The fourth-order valence-electron chi connectivity index (χ4n) is 2.92. The minimum atomic E-state index is -0.720. The first-order chi connectivity index (χ1) is 13.5. The largest absolute Gasteiger partial charge is 0.452 e. The molecular formula is C21H18N2O5. The molecule has 0 unspecified atom stereocenters. The first-order valence-corrected chi connectivity index (χ1v) is 8.64. The average Bonchev–Trinajstić information content (AvgIpc) is 2.71. The van der Waals surface area contributed by atoms with Crippen LogP contribution in [0.25, 0.3) is 10.8 Å². The summed E-state index contributed by atoms with van der Waals surface area (Å²) in [4.78, 5) is 34.2. The Bertz CT molecular complexity index is 1030. The Morgan fingerprint density at radius 3 is 2.43 bits per heavy atom. The molecule has 0 aromatic heterocycles. The quantitative estimate of drug-likeness (QED) is 0.400. The number of nitro benzene ring substituents is 1. The number of ether oxygens (including phenoxy) is 1. The Hall–Kier alpha value is -3.74. The highest BCUT2D eigenvalue weighted by Gasteiger charge is 2.15. The van der Waals surface area contributed by atoms with E-state index in [1.165, 1.54) is 24.3 Å². The van der Waals surface area contributed by atoms with Crippen LogP contribution in [0.1, 0.15) is 28.9 Å². The Kier molecular flexibility index (Phi) is 5.64. The zero-order chi connectivity index (χ0) is 20.1. The fourth-order valence-corrected chi connectivity index (χ4v) is 2.92. The third-order valence-electron chi connectivity index (χ3n) is 4.32. The molecule has 1 N–H and O–H groups in total. The molecule has 3 aromatic carbocycles. The summed E-state index contributed by atoms with van der Waals surface area (Å²) in [6.45, 7) is 1.42. The van der Waals surface area contributed by atoms with Gasteiger partial charge in [0.15, 0.2) is 6.61 Å². The van der Waals surface area contributed by atoms with Crippen molar-refractivity contribution in [2.24, 2.45) is 0 Å². The van der Waals surface area contributed by atoms with Crippen molar-refractivity contribution in [2.75, 3.05) is 6.61 Å². The predicted octanol–water partition coefficient (Wildman–Crippen LogP) is 3.78. The molecule has 3 aromatic rings. The first kappa shape index (κ1) is 19.0. The van der Waals surface area contributed by atoms with E-state index in [0.717, 1.165) is 16.3 Å². The van der Waals surface area contributed by atoms with E-state index in [1.807, 2.05) is 49.4 Å². The third-order valence-corrected chi connectivity index (χ3v) is 4.32. The van der Waals surface area contributed by atoms with Crippen LogP contribution in [0.15, 0.2) is 66.7 Å². The third kappa shape index (κ3) is 4.32. The second-order valence-electron chi connectivity index (χ2n) is 6.24. The molecule has 1 amide bonds. The number of amides is 1. The Morgan fingerprint density at radius 1 is 1.04 bits per heavy atom. The highest BCUT2D eigenvalue weighted by molar-refractivity contribution is 5.92. The summed E-state index contributed by atoms with van der Waals surface area (Å²) >= 11 is 0. The van der Waals surface area contributed by atoms with Crippen LogP contribution in [0.4, 0.5) is 5.69 Å². The molecule has 0 fully saturated rings. The zero-order valence-corrected chi connectivity index (χ0v) is 15.1. The number of hydrogen-bond acceptors (Lipinski definition) is 5.